The van der Waals surface area contributed by atoms with E-state index in [9.17, 15) is 4.79 Å². The molecule has 2 heterocycles. The van der Waals surface area contributed by atoms with Crippen molar-refractivity contribution in [2.24, 2.45) is 7.05 Å². The van der Waals surface area contributed by atoms with E-state index in [2.05, 4.69) is 15.5 Å². The number of carbonyl (C=O) groups excluding carboxylic acids is 1. The molecular formula is C19H16N4O. The molecule has 2 aromatic heterocycles. The third kappa shape index (κ3) is 2.56. The molecule has 0 fully saturated rings. The standard InChI is InChI=1S/C19H16N4O/c1-23-10-9-14-3-2-4-16(19(14)23)21-18(24)8-6-13-5-7-15-12-20-22-17(15)11-13/h2-12H,1H3,(H,20,22)(H,21,24)/b8-6+. The maximum absolute atomic E-state index is 12.2. The number of hydrogen-bond donors (Lipinski definition) is 2. The van der Waals surface area contributed by atoms with E-state index in [0.29, 0.717) is 0 Å². The summed E-state index contributed by atoms with van der Waals surface area (Å²) in [5, 5.41) is 12.0. The first-order chi connectivity index (χ1) is 11.7. The van der Waals surface area contributed by atoms with Gasteiger partial charge in [0.2, 0.25) is 5.91 Å². The predicted octanol–water partition coefficient (Wildman–Crippen LogP) is 3.71. The van der Waals surface area contributed by atoms with Crippen molar-refractivity contribution in [3.8, 4) is 0 Å². The molecule has 4 aromatic rings. The van der Waals surface area contributed by atoms with Gasteiger partial charge < -0.3 is 9.88 Å². The lowest BCUT2D eigenvalue weighted by atomic mass is 10.1. The van der Waals surface area contributed by atoms with Crippen LogP contribution < -0.4 is 5.32 Å². The van der Waals surface area contributed by atoms with Crippen molar-refractivity contribution in [1.29, 1.82) is 0 Å². The largest absolute Gasteiger partial charge is 0.349 e. The maximum atomic E-state index is 12.2. The van der Waals surface area contributed by atoms with Crippen molar-refractivity contribution in [3.05, 3.63) is 66.5 Å². The van der Waals surface area contributed by atoms with Crippen LogP contribution in [0.5, 0.6) is 0 Å². The number of anilines is 1. The number of rotatable bonds is 3. The zero-order valence-corrected chi connectivity index (χ0v) is 13.2. The number of aryl methyl sites for hydroxylation is 1. The smallest absolute Gasteiger partial charge is 0.248 e. The number of para-hydroxylation sites is 1. The highest BCUT2D eigenvalue weighted by Crippen LogP contribution is 2.23. The van der Waals surface area contributed by atoms with Crippen molar-refractivity contribution in [2.75, 3.05) is 5.32 Å². The van der Waals surface area contributed by atoms with Gasteiger partial charge in [0, 0.05) is 30.1 Å². The second-order valence-electron chi connectivity index (χ2n) is 5.71. The first-order valence-electron chi connectivity index (χ1n) is 7.67. The van der Waals surface area contributed by atoms with E-state index in [1.54, 1.807) is 18.3 Å². The van der Waals surface area contributed by atoms with Crippen molar-refractivity contribution < 1.29 is 4.79 Å². The second-order valence-corrected chi connectivity index (χ2v) is 5.71. The van der Waals surface area contributed by atoms with Crippen molar-refractivity contribution in [2.45, 2.75) is 0 Å². The van der Waals surface area contributed by atoms with Gasteiger partial charge in [0.05, 0.1) is 22.9 Å². The van der Waals surface area contributed by atoms with Gasteiger partial charge in [-0.3, -0.25) is 9.89 Å². The minimum atomic E-state index is -0.159. The molecule has 0 aliphatic rings. The summed E-state index contributed by atoms with van der Waals surface area (Å²) in [5.41, 5.74) is 3.71. The van der Waals surface area contributed by atoms with E-state index in [4.69, 9.17) is 0 Å². The fourth-order valence-electron chi connectivity index (χ4n) is 2.86. The van der Waals surface area contributed by atoms with Crippen LogP contribution in [0.15, 0.2) is 60.9 Å². The van der Waals surface area contributed by atoms with Gasteiger partial charge in [0.25, 0.3) is 0 Å². The summed E-state index contributed by atoms with van der Waals surface area (Å²) in [4.78, 5) is 12.2. The Kier molecular flexibility index (Phi) is 3.39. The molecule has 118 valence electrons. The molecule has 0 aliphatic heterocycles. The number of nitrogens with zero attached hydrogens (tertiary/aromatic N) is 2. The maximum Gasteiger partial charge on any atom is 0.248 e. The van der Waals surface area contributed by atoms with Crippen LogP contribution in [0.2, 0.25) is 0 Å². The number of fused-ring (bicyclic) bond motifs is 2. The van der Waals surface area contributed by atoms with Gasteiger partial charge in [0.15, 0.2) is 0 Å². The number of hydrogen-bond acceptors (Lipinski definition) is 2. The van der Waals surface area contributed by atoms with E-state index in [1.807, 2.05) is 60.3 Å². The Morgan fingerprint density at radius 1 is 1.21 bits per heavy atom. The van der Waals surface area contributed by atoms with Crippen molar-refractivity contribution in [3.63, 3.8) is 0 Å². The molecule has 0 saturated heterocycles. The number of H-pyrrole nitrogens is 1. The zero-order valence-electron chi connectivity index (χ0n) is 13.2. The quantitative estimate of drug-likeness (QED) is 0.566. The van der Waals surface area contributed by atoms with Crippen molar-refractivity contribution in [1.82, 2.24) is 14.8 Å². The Morgan fingerprint density at radius 2 is 2.12 bits per heavy atom. The van der Waals surface area contributed by atoms with Gasteiger partial charge in [-0.2, -0.15) is 5.10 Å². The minimum Gasteiger partial charge on any atom is -0.349 e. The summed E-state index contributed by atoms with van der Waals surface area (Å²) in [6.07, 6.45) is 7.09. The summed E-state index contributed by atoms with van der Waals surface area (Å²) in [6.45, 7) is 0. The zero-order chi connectivity index (χ0) is 16.5. The van der Waals surface area contributed by atoms with Gasteiger partial charge in [0.1, 0.15) is 0 Å². The SMILES string of the molecule is Cn1ccc2cccc(NC(=O)/C=C/c3ccc4cn[nH]c4c3)c21. The number of aromatic nitrogens is 3. The molecule has 4 rings (SSSR count). The molecule has 0 spiro atoms. The van der Waals surface area contributed by atoms with Crippen LogP contribution in [-0.4, -0.2) is 20.7 Å². The van der Waals surface area contributed by atoms with Gasteiger partial charge in [-0.1, -0.05) is 24.3 Å². The number of carbonyl (C=O) groups is 1. The van der Waals surface area contributed by atoms with E-state index in [0.717, 1.165) is 33.1 Å². The molecule has 1 amide bonds. The van der Waals surface area contributed by atoms with Crippen LogP contribution in [0.1, 0.15) is 5.56 Å². The summed E-state index contributed by atoms with van der Waals surface area (Å²) in [7, 11) is 1.97. The minimum absolute atomic E-state index is 0.159. The number of aromatic amines is 1. The summed E-state index contributed by atoms with van der Waals surface area (Å²) in [5.74, 6) is -0.159. The van der Waals surface area contributed by atoms with Crippen LogP contribution in [0, 0.1) is 0 Å². The molecule has 0 bridgehead atoms. The third-order valence-electron chi connectivity index (χ3n) is 4.05. The van der Waals surface area contributed by atoms with Crippen molar-refractivity contribution >= 4 is 39.5 Å². The summed E-state index contributed by atoms with van der Waals surface area (Å²) < 4.78 is 2.00. The highest BCUT2D eigenvalue weighted by atomic mass is 16.1. The Hall–Kier alpha value is -3.34. The molecule has 0 radical (unpaired) electrons. The topological polar surface area (TPSA) is 62.7 Å². The first kappa shape index (κ1) is 14.3. The molecule has 0 aliphatic carbocycles. The molecule has 0 unspecified atom stereocenters. The molecule has 2 aromatic carbocycles. The fraction of sp³-hybridized carbons (Fsp3) is 0.0526. The average Bonchev–Trinajstić information content (AvgIpc) is 3.20. The third-order valence-corrected chi connectivity index (χ3v) is 4.05. The average molecular weight is 316 g/mol. The van der Waals surface area contributed by atoms with Crippen LogP contribution >= 0.6 is 0 Å². The second kappa shape index (κ2) is 5.70. The van der Waals surface area contributed by atoms with Crippen LogP contribution in [0.4, 0.5) is 5.69 Å². The Labute approximate surface area is 138 Å². The van der Waals surface area contributed by atoms with E-state index in [-0.39, 0.29) is 5.91 Å². The number of benzene rings is 2. The lowest BCUT2D eigenvalue weighted by molar-refractivity contribution is -0.111. The molecule has 5 heteroatoms. The van der Waals surface area contributed by atoms with Gasteiger partial charge in [-0.25, -0.2) is 0 Å². The number of nitrogens with one attached hydrogen (secondary N) is 2. The molecule has 0 saturated carbocycles. The predicted molar refractivity (Wildman–Crippen MR) is 96.7 cm³/mol. The normalized spacial score (nSPS) is 11.5. The van der Waals surface area contributed by atoms with Crippen LogP contribution in [0.3, 0.4) is 0 Å². The molecule has 2 N–H and O–H groups in total. The lowest BCUT2D eigenvalue weighted by Gasteiger charge is -2.06. The molecule has 0 atom stereocenters. The van der Waals surface area contributed by atoms with Gasteiger partial charge in [-0.15, -0.1) is 0 Å². The number of amides is 1. The highest BCUT2D eigenvalue weighted by Gasteiger charge is 2.06. The van der Waals surface area contributed by atoms with Gasteiger partial charge >= 0.3 is 0 Å². The summed E-state index contributed by atoms with van der Waals surface area (Å²) >= 11 is 0. The van der Waals surface area contributed by atoms with Crippen LogP contribution in [0.25, 0.3) is 27.9 Å². The van der Waals surface area contributed by atoms with E-state index in [1.165, 1.54) is 0 Å². The lowest BCUT2D eigenvalue weighted by Crippen LogP contribution is -2.08. The van der Waals surface area contributed by atoms with Gasteiger partial charge in [-0.05, 0) is 29.8 Å². The first-order valence-corrected chi connectivity index (χ1v) is 7.67. The van der Waals surface area contributed by atoms with Crippen LogP contribution in [-0.2, 0) is 11.8 Å². The van der Waals surface area contributed by atoms with E-state index < -0.39 is 0 Å². The molecule has 24 heavy (non-hydrogen) atoms. The highest BCUT2D eigenvalue weighted by molar-refractivity contribution is 6.07. The molecule has 5 nitrogen and oxygen atoms in total. The van der Waals surface area contributed by atoms with E-state index >= 15 is 0 Å². The molecular weight excluding hydrogens is 300 g/mol. The Balaban J connectivity index is 1.56. The monoisotopic (exact) mass is 316 g/mol. The fourth-order valence-corrected chi connectivity index (χ4v) is 2.86. The summed E-state index contributed by atoms with van der Waals surface area (Å²) in [6, 6.07) is 13.8. The Bertz CT molecular complexity index is 1070. The Morgan fingerprint density at radius 3 is 3.04 bits per heavy atom.